The predicted octanol–water partition coefficient (Wildman–Crippen LogP) is 4.11. The van der Waals surface area contributed by atoms with Crippen LogP contribution in [0.3, 0.4) is 0 Å². The molecule has 2 N–H and O–H groups in total. The van der Waals surface area contributed by atoms with E-state index in [1.807, 2.05) is 30.3 Å². The molecule has 0 spiro atoms. The number of hydrogen-bond acceptors (Lipinski definition) is 3. The van der Waals surface area contributed by atoms with Gasteiger partial charge in [-0.15, -0.1) is 0 Å². The highest BCUT2D eigenvalue weighted by molar-refractivity contribution is 7.89. The Hall–Kier alpha value is -3.03. The molecule has 0 radical (unpaired) electrons. The van der Waals surface area contributed by atoms with E-state index in [4.69, 9.17) is 0 Å². The van der Waals surface area contributed by atoms with Gasteiger partial charge in [0.15, 0.2) is 0 Å². The minimum atomic E-state index is -3.65. The molecule has 0 aromatic heterocycles. The zero-order valence-corrected chi connectivity index (χ0v) is 18.0. The molecular weight excluding hydrogens is 415 g/mol. The minimum Gasteiger partial charge on any atom is -0.352 e. The van der Waals surface area contributed by atoms with E-state index in [2.05, 4.69) is 10.0 Å². The summed E-state index contributed by atoms with van der Waals surface area (Å²) in [5.74, 6) is -0.440. The van der Waals surface area contributed by atoms with Crippen molar-refractivity contribution in [2.24, 2.45) is 0 Å². The second kappa shape index (κ2) is 10.3. The molecule has 0 fully saturated rings. The highest BCUT2D eigenvalue weighted by Gasteiger charge is 2.18. The van der Waals surface area contributed by atoms with Crippen LogP contribution in [0.1, 0.15) is 36.1 Å². The summed E-state index contributed by atoms with van der Waals surface area (Å²) in [5, 5.41) is 2.79. The lowest BCUT2D eigenvalue weighted by molar-refractivity contribution is -0.121. The number of hydrogen-bond donors (Lipinski definition) is 2. The number of rotatable bonds is 9. The number of halogens is 1. The Labute approximate surface area is 182 Å². The Balaban J connectivity index is 1.51. The minimum absolute atomic E-state index is 0.126. The molecule has 3 aromatic carbocycles. The van der Waals surface area contributed by atoms with Crippen LogP contribution in [0.2, 0.25) is 0 Å². The molecule has 0 aliphatic heterocycles. The predicted molar refractivity (Wildman–Crippen MR) is 118 cm³/mol. The van der Waals surface area contributed by atoms with Gasteiger partial charge in [0, 0.05) is 19.0 Å². The zero-order chi connectivity index (χ0) is 22.3. The van der Waals surface area contributed by atoms with Crippen LogP contribution in [0.25, 0.3) is 0 Å². The smallest absolute Gasteiger partial charge is 0.241 e. The first kappa shape index (κ1) is 22.7. The highest BCUT2D eigenvalue weighted by atomic mass is 32.2. The summed E-state index contributed by atoms with van der Waals surface area (Å²) >= 11 is 0. The standard InChI is InChI=1S/C24H25FN2O3S/c1-18(21-5-3-2-4-6-21)27-31(29,30)23-14-9-19(10-15-23)11-16-24(28)26-17-20-7-12-22(25)13-8-20/h2-10,12-15,18,27H,11,16-17H2,1H3,(H,26,28). The topological polar surface area (TPSA) is 75.3 Å². The molecule has 162 valence electrons. The van der Waals surface area contributed by atoms with Gasteiger partial charge >= 0.3 is 0 Å². The van der Waals surface area contributed by atoms with Crippen LogP contribution < -0.4 is 10.0 Å². The van der Waals surface area contributed by atoms with E-state index in [0.29, 0.717) is 13.0 Å². The van der Waals surface area contributed by atoms with E-state index < -0.39 is 10.0 Å². The van der Waals surface area contributed by atoms with Gasteiger partial charge in [0.05, 0.1) is 4.90 Å². The highest BCUT2D eigenvalue weighted by Crippen LogP contribution is 2.17. The van der Waals surface area contributed by atoms with E-state index in [1.54, 1.807) is 43.3 Å². The average molecular weight is 441 g/mol. The van der Waals surface area contributed by atoms with Gasteiger partial charge in [0.2, 0.25) is 15.9 Å². The van der Waals surface area contributed by atoms with Crippen molar-refractivity contribution in [3.05, 3.63) is 101 Å². The lowest BCUT2D eigenvalue weighted by Gasteiger charge is -2.15. The van der Waals surface area contributed by atoms with E-state index in [1.165, 1.54) is 12.1 Å². The number of benzene rings is 3. The fourth-order valence-electron chi connectivity index (χ4n) is 3.09. The van der Waals surface area contributed by atoms with Crippen molar-refractivity contribution in [3.8, 4) is 0 Å². The molecule has 0 aliphatic carbocycles. The number of amides is 1. The third-order valence-electron chi connectivity index (χ3n) is 4.91. The molecule has 0 bridgehead atoms. The summed E-state index contributed by atoms with van der Waals surface area (Å²) in [6.07, 6.45) is 0.764. The first-order valence-corrected chi connectivity index (χ1v) is 11.5. The fourth-order valence-corrected chi connectivity index (χ4v) is 4.33. The van der Waals surface area contributed by atoms with Gasteiger partial charge < -0.3 is 5.32 Å². The van der Waals surface area contributed by atoms with Crippen molar-refractivity contribution >= 4 is 15.9 Å². The van der Waals surface area contributed by atoms with Crippen LogP contribution in [-0.4, -0.2) is 14.3 Å². The van der Waals surface area contributed by atoms with Crippen molar-refractivity contribution in [2.45, 2.75) is 37.2 Å². The third-order valence-corrected chi connectivity index (χ3v) is 6.47. The average Bonchev–Trinajstić information content (AvgIpc) is 2.78. The molecule has 1 unspecified atom stereocenters. The first-order chi connectivity index (χ1) is 14.8. The van der Waals surface area contributed by atoms with E-state index >= 15 is 0 Å². The molecular formula is C24H25FN2O3S. The number of aryl methyl sites for hydroxylation is 1. The summed E-state index contributed by atoms with van der Waals surface area (Å²) in [4.78, 5) is 12.2. The summed E-state index contributed by atoms with van der Waals surface area (Å²) in [7, 11) is -3.65. The lowest BCUT2D eigenvalue weighted by Crippen LogP contribution is -2.26. The normalized spacial score (nSPS) is 12.3. The lowest BCUT2D eigenvalue weighted by atomic mass is 10.1. The quantitative estimate of drug-likeness (QED) is 0.526. The Morgan fingerprint density at radius 2 is 1.52 bits per heavy atom. The van der Waals surface area contributed by atoms with E-state index in [0.717, 1.165) is 16.7 Å². The molecule has 0 aliphatic rings. The van der Waals surface area contributed by atoms with Crippen molar-refractivity contribution < 1.29 is 17.6 Å². The number of carbonyl (C=O) groups excluding carboxylic acids is 1. The van der Waals surface area contributed by atoms with Gasteiger partial charge in [-0.05, 0) is 54.3 Å². The molecule has 0 heterocycles. The third kappa shape index (κ3) is 6.73. The van der Waals surface area contributed by atoms with E-state index in [-0.39, 0.29) is 29.1 Å². The number of carbonyl (C=O) groups is 1. The summed E-state index contributed by atoms with van der Waals surface area (Å²) in [6, 6.07) is 21.5. The van der Waals surface area contributed by atoms with Crippen molar-refractivity contribution in [1.29, 1.82) is 0 Å². The second-order valence-corrected chi connectivity index (χ2v) is 9.01. The van der Waals surface area contributed by atoms with Gasteiger partial charge in [-0.1, -0.05) is 54.6 Å². The van der Waals surface area contributed by atoms with Crippen molar-refractivity contribution in [1.82, 2.24) is 10.0 Å². The van der Waals surface area contributed by atoms with Crippen LogP contribution in [0.15, 0.2) is 83.8 Å². The molecule has 3 rings (SSSR count). The Bertz CT molecular complexity index is 1100. The zero-order valence-electron chi connectivity index (χ0n) is 17.2. The van der Waals surface area contributed by atoms with Crippen LogP contribution in [0.4, 0.5) is 4.39 Å². The number of nitrogens with one attached hydrogen (secondary N) is 2. The molecule has 31 heavy (non-hydrogen) atoms. The molecule has 0 saturated carbocycles. The van der Waals surface area contributed by atoms with Gasteiger partial charge in [0.1, 0.15) is 5.82 Å². The molecule has 1 amide bonds. The summed E-state index contributed by atoms with van der Waals surface area (Å²) in [6.45, 7) is 2.13. The summed E-state index contributed by atoms with van der Waals surface area (Å²) < 4.78 is 40.9. The molecule has 7 heteroatoms. The maximum absolute atomic E-state index is 12.9. The maximum Gasteiger partial charge on any atom is 0.241 e. The first-order valence-electron chi connectivity index (χ1n) is 10.0. The maximum atomic E-state index is 12.9. The molecule has 1 atom stereocenters. The molecule has 0 saturated heterocycles. The monoisotopic (exact) mass is 440 g/mol. The van der Waals surface area contributed by atoms with Gasteiger partial charge in [-0.2, -0.15) is 0 Å². The van der Waals surface area contributed by atoms with Gasteiger partial charge in [-0.25, -0.2) is 17.5 Å². The Morgan fingerprint density at radius 1 is 0.903 bits per heavy atom. The molecule has 3 aromatic rings. The Kier molecular flexibility index (Phi) is 7.55. The van der Waals surface area contributed by atoms with Gasteiger partial charge in [0.25, 0.3) is 0 Å². The fraction of sp³-hybridized carbons (Fsp3) is 0.208. The van der Waals surface area contributed by atoms with Crippen molar-refractivity contribution in [3.63, 3.8) is 0 Å². The largest absolute Gasteiger partial charge is 0.352 e. The summed E-state index contributed by atoms with van der Waals surface area (Å²) in [5.41, 5.74) is 2.57. The number of sulfonamides is 1. The SMILES string of the molecule is CC(NS(=O)(=O)c1ccc(CCC(=O)NCc2ccc(F)cc2)cc1)c1ccccc1. The van der Waals surface area contributed by atoms with Crippen LogP contribution in [0.5, 0.6) is 0 Å². The second-order valence-electron chi connectivity index (χ2n) is 7.30. The van der Waals surface area contributed by atoms with Crippen molar-refractivity contribution in [2.75, 3.05) is 0 Å². The van der Waals surface area contributed by atoms with Crippen LogP contribution in [-0.2, 0) is 27.8 Å². The Morgan fingerprint density at radius 3 is 2.16 bits per heavy atom. The van der Waals surface area contributed by atoms with Crippen LogP contribution >= 0.6 is 0 Å². The van der Waals surface area contributed by atoms with Crippen LogP contribution in [0, 0.1) is 5.82 Å². The van der Waals surface area contributed by atoms with E-state index in [9.17, 15) is 17.6 Å². The molecule has 5 nitrogen and oxygen atoms in total. The van der Waals surface area contributed by atoms with Gasteiger partial charge in [-0.3, -0.25) is 4.79 Å².